The first-order valence-electron chi connectivity index (χ1n) is 10.1. The lowest BCUT2D eigenvalue weighted by molar-refractivity contribution is -0.119. The summed E-state index contributed by atoms with van der Waals surface area (Å²) in [6.45, 7) is 3.76. The summed E-state index contributed by atoms with van der Waals surface area (Å²) in [5.74, 6) is -4.87. The van der Waals surface area contributed by atoms with Gasteiger partial charge in [-0.2, -0.15) is 0 Å². The van der Waals surface area contributed by atoms with Gasteiger partial charge >= 0.3 is 0 Å². The molecule has 1 fully saturated rings. The van der Waals surface area contributed by atoms with Crippen LogP contribution in [0.15, 0.2) is 24.5 Å². The number of nitrogens with zero attached hydrogens (tertiary/aromatic N) is 3. The van der Waals surface area contributed by atoms with Gasteiger partial charge in [0.05, 0.1) is 17.5 Å². The fourth-order valence-corrected chi connectivity index (χ4v) is 3.72. The Kier molecular flexibility index (Phi) is 5.26. The van der Waals surface area contributed by atoms with Crippen molar-refractivity contribution < 1.29 is 23.8 Å². The van der Waals surface area contributed by atoms with Crippen molar-refractivity contribution in [1.29, 1.82) is 0 Å². The van der Waals surface area contributed by atoms with Crippen molar-refractivity contribution in [2.45, 2.75) is 44.9 Å². The Morgan fingerprint density at radius 3 is 2.68 bits per heavy atom. The number of carbonyl (C=O) groups is 1. The number of aliphatic hydroxyl groups excluding tert-OH is 2. The molecule has 7 nitrogen and oxygen atoms in total. The van der Waals surface area contributed by atoms with Gasteiger partial charge in [0.15, 0.2) is 6.23 Å². The van der Waals surface area contributed by atoms with Crippen LogP contribution in [0, 0.1) is 12.8 Å². The Morgan fingerprint density at radius 2 is 2.06 bits per heavy atom. The third kappa shape index (κ3) is 3.90. The molecule has 1 unspecified atom stereocenters. The average molecular weight is 430 g/mol. The van der Waals surface area contributed by atoms with Gasteiger partial charge in [-0.25, -0.2) is 13.8 Å². The van der Waals surface area contributed by atoms with E-state index in [-0.39, 0.29) is 5.82 Å². The van der Waals surface area contributed by atoms with E-state index in [1.54, 1.807) is 36.4 Å². The number of aromatic nitrogens is 2. The van der Waals surface area contributed by atoms with Crippen LogP contribution in [0.2, 0.25) is 0 Å². The van der Waals surface area contributed by atoms with Gasteiger partial charge in [-0.1, -0.05) is 6.92 Å². The molecule has 0 spiro atoms. The zero-order valence-corrected chi connectivity index (χ0v) is 17.4. The summed E-state index contributed by atoms with van der Waals surface area (Å²) >= 11 is 0. The highest BCUT2D eigenvalue weighted by molar-refractivity contribution is 5.97. The number of hydrogen-bond donors (Lipinski definition) is 3. The first-order chi connectivity index (χ1) is 14.6. The second-order valence-electron chi connectivity index (χ2n) is 8.07. The van der Waals surface area contributed by atoms with E-state index in [1.165, 1.54) is 6.20 Å². The number of alkyl halides is 2. The molecule has 0 saturated heterocycles. The normalized spacial score (nSPS) is 22.4. The second-order valence-corrected chi connectivity index (χ2v) is 8.07. The Labute approximate surface area is 178 Å². The summed E-state index contributed by atoms with van der Waals surface area (Å²) in [5.41, 5.74) is 4.11. The summed E-state index contributed by atoms with van der Waals surface area (Å²) < 4.78 is 26.2. The maximum absolute atomic E-state index is 13.1. The smallest absolute Gasteiger partial charge is 0.260 e. The zero-order valence-electron chi connectivity index (χ0n) is 17.4. The molecule has 1 amide bonds. The van der Waals surface area contributed by atoms with Gasteiger partial charge in [-0.3, -0.25) is 9.78 Å². The fraction of sp³-hybridized carbons (Fsp3) is 0.409. The van der Waals surface area contributed by atoms with E-state index in [1.807, 2.05) is 13.8 Å². The van der Waals surface area contributed by atoms with E-state index in [0.29, 0.717) is 28.9 Å². The number of aryl methyl sites for hydroxylation is 1. The number of amides is 1. The summed E-state index contributed by atoms with van der Waals surface area (Å²) in [4.78, 5) is 22.1. The number of halogens is 2. The Balaban J connectivity index is 1.63. The third-order valence-corrected chi connectivity index (χ3v) is 5.81. The summed E-state index contributed by atoms with van der Waals surface area (Å²) in [6, 6.07) is 3.35. The van der Waals surface area contributed by atoms with Crippen molar-refractivity contribution in [3.63, 3.8) is 0 Å². The molecule has 164 valence electrons. The topological polar surface area (TPSA) is 98.6 Å². The van der Waals surface area contributed by atoms with E-state index in [2.05, 4.69) is 15.3 Å². The van der Waals surface area contributed by atoms with Crippen LogP contribution in [-0.2, 0) is 4.79 Å². The molecular formula is C22H24F2N4O3. The first kappa shape index (κ1) is 21.3. The molecular weight excluding hydrogens is 406 g/mol. The lowest BCUT2D eigenvalue weighted by Gasteiger charge is -2.33. The van der Waals surface area contributed by atoms with Crippen LogP contribution in [0.3, 0.4) is 0 Å². The van der Waals surface area contributed by atoms with E-state index in [0.717, 1.165) is 11.1 Å². The number of pyridine rings is 2. The van der Waals surface area contributed by atoms with Crippen LogP contribution >= 0.6 is 0 Å². The van der Waals surface area contributed by atoms with Crippen molar-refractivity contribution in [2.24, 2.45) is 5.92 Å². The van der Waals surface area contributed by atoms with Crippen molar-refractivity contribution in [1.82, 2.24) is 9.97 Å². The van der Waals surface area contributed by atoms with Crippen LogP contribution in [0.4, 0.5) is 20.3 Å². The highest BCUT2D eigenvalue weighted by atomic mass is 19.3. The molecule has 3 heterocycles. The standard InChI is InChI=1S/C22H24F2N4O3/c1-4-18(29)16-5-11(2)14(10-25-16)13-6-12-9-26-19(7-17(12)28(3)21(13)31)27-20(30)15-8-22(15,23)24/h5-7,9-10,15,18,21,29,31H,4,8H2,1-3H3,(H,26,27,30)/t15-,18+,21?/m0/s1. The van der Waals surface area contributed by atoms with Gasteiger partial charge in [-0.15, -0.1) is 0 Å². The second kappa shape index (κ2) is 7.65. The molecule has 2 aromatic heterocycles. The van der Waals surface area contributed by atoms with Crippen LogP contribution in [0.5, 0.6) is 0 Å². The molecule has 0 radical (unpaired) electrons. The molecule has 0 bridgehead atoms. The van der Waals surface area contributed by atoms with Crippen molar-refractivity contribution in [3.8, 4) is 0 Å². The SMILES string of the molecule is CC[C@@H](O)c1cc(C)c(C2=Cc3cnc(NC(=O)[C@@H]4CC4(F)F)cc3N(C)C2O)cn1. The van der Waals surface area contributed by atoms with Crippen LogP contribution < -0.4 is 10.2 Å². The molecule has 0 aromatic carbocycles. The lowest BCUT2D eigenvalue weighted by Crippen LogP contribution is -2.35. The van der Waals surface area contributed by atoms with Gasteiger partial charge in [0.1, 0.15) is 11.7 Å². The number of fused-ring (bicyclic) bond motifs is 1. The molecule has 2 aliphatic rings. The van der Waals surface area contributed by atoms with E-state index in [4.69, 9.17) is 0 Å². The molecule has 31 heavy (non-hydrogen) atoms. The number of anilines is 2. The molecule has 4 rings (SSSR count). The number of nitrogens with one attached hydrogen (secondary N) is 1. The minimum atomic E-state index is -2.95. The monoisotopic (exact) mass is 430 g/mol. The van der Waals surface area contributed by atoms with Gasteiger partial charge in [0, 0.05) is 48.6 Å². The fourth-order valence-electron chi connectivity index (χ4n) is 3.72. The summed E-state index contributed by atoms with van der Waals surface area (Å²) in [7, 11) is 1.69. The summed E-state index contributed by atoms with van der Waals surface area (Å²) in [5, 5.41) is 23.3. The summed E-state index contributed by atoms with van der Waals surface area (Å²) in [6.07, 6.45) is 3.41. The van der Waals surface area contributed by atoms with Crippen LogP contribution in [0.1, 0.15) is 48.3 Å². The van der Waals surface area contributed by atoms with Crippen molar-refractivity contribution in [3.05, 3.63) is 46.9 Å². The Morgan fingerprint density at radius 1 is 1.35 bits per heavy atom. The third-order valence-electron chi connectivity index (χ3n) is 5.81. The molecule has 1 aliphatic heterocycles. The predicted octanol–water partition coefficient (Wildman–Crippen LogP) is 3.13. The Hall–Kier alpha value is -2.91. The van der Waals surface area contributed by atoms with Crippen molar-refractivity contribution in [2.75, 3.05) is 17.3 Å². The van der Waals surface area contributed by atoms with Gasteiger partial charge in [0.25, 0.3) is 5.92 Å². The van der Waals surface area contributed by atoms with Crippen LogP contribution in [-0.4, -0.2) is 45.3 Å². The number of carbonyl (C=O) groups excluding carboxylic acids is 1. The number of hydrogen-bond acceptors (Lipinski definition) is 6. The minimum Gasteiger partial charge on any atom is -0.387 e. The average Bonchev–Trinajstić information content (AvgIpc) is 3.39. The Bertz CT molecular complexity index is 1070. The van der Waals surface area contributed by atoms with E-state index >= 15 is 0 Å². The lowest BCUT2D eigenvalue weighted by atomic mass is 9.94. The molecule has 3 atom stereocenters. The number of likely N-dealkylation sites (N-methyl/N-ethyl adjacent to an activating group) is 1. The quantitative estimate of drug-likeness (QED) is 0.674. The van der Waals surface area contributed by atoms with E-state index in [9.17, 15) is 23.8 Å². The number of aliphatic hydroxyl groups is 2. The molecule has 1 saturated carbocycles. The molecule has 2 aromatic rings. The van der Waals surface area contributed by atoms with Crippen molar-refractivity contribution >= 4 is 29.1 Å². The van der Waals surface area contributed by atoms with Gasteiger partial charge < -0.3 is 20.4 Å². The van der Waals surface area contributed by atoms with Crippen LogP contribution in [0.25, 0.3) is 11.6 Å². The predicted molar refractivity (Wildman–Crippen MR) is 112 cm³/mol. The zero-order chi connectivity index (χ0) is 22.5. The highest BCUT2D eigenvalue weighted by Gasteiger charge is 2.61. The molecule has 3 N–H and O–H groups in total. The van der Waals surface area contributed by atoms with E-state index < -0.39 is 36.5 Å². The molecule has 1 aliphatic carbocycles. The van der Waals surface area contributed by atoms with Gasteiger partial charge in [-0.05, 0) is 31.1 Å². The number of rotatable bonds is 5. The minimum absolute atomic E-state index is 0.151. The largest absolute Gasteiger partial charge is 0.387 e. The molecule has 9 heteroatoms. The first-order valence-corrected chi connectivity index (χ1v) is 10.1. The highest BCUT2D eigenvalue weighted by Crippen LogP contribution is 2.49. The van der Waals surface area contributed by atoms with Gasteiger partial charge in [0.2, 0.25) is 5.91 Å². The maximum Gasteiger partial charge on any atom is 0.260 e. The maximum atomic E-state index is 13.1.